The van der Waals surface area contributed by atoms with Crippen molar-refractivity contribution >= 4 is 27.9 Å². The van der Waals surface area contributed by atoms with Crippen molar-refractivity contribution in [1.29, 1.82) is 0 Å². The lowest BCUT2D eigenvalue weighted by Gasteiger charge is -2.24. The van der Waals surface area contributed by atoms with E-state index < -0.39 is 74.2 Å². The normalized spacial score (nSPS) is 14.4. The lowest BCUT2D eigenvalue weighted by Crippen LogP contribution is -2.41. The van der Waals surface area contributed by atoms with E-state index in [0.717, 1.165) is 42.3 Å². The Morgan fingerprint density at radius 2 is 1.51 bits per heavy atom. The predicted molar refractivity (Wildman–Crippen MR) is 133 cm³/mol. The third kappa shape index (κ3) is 6.10. The molecule has 0 atom stereocenters. The van der Waals surface area contributed by atoms with Crippen LogP contribution in [0.25, 0.3) is 0 Å². The van der Waals surface area contributed by atoms with E-state index in [9.17, 15) is 45.1 Å². The molecular formula is C26H24F5N3O6S. The first kappa shape index (κ1) is 30.1. The highest BCUT2D eigenvalue weighted by Crippen LogP contribution is 2.33. The van der Waals surface area contributed by atoms with Crippen LogP contribution < -0.4 is 4.90 Å². The number of nitrogens with zero attached hydrogens (tertiary/aromatic N) is 3. The van der Waals surface area contributed by atoms with Gasteiger partial charge in [0.2, 0.25) is 27.5 Å². The topological polar surface area (TPSA) is 121 Å². The molecular weight excluding hydrogens is 577 g/mol. The maximum Gasteiger partial charge on any atom is 0.373 e. The van der Waals surface area contributed by atoms with Crippen LogP contribution in [0.4, 0.5) is 28.0 Å². The molecule has 0 spiro atoms. The van der Waals surface area contributed by atoms with E-state index in [2.05, 4.69) is 4.98 Å². The number of likely N-dealkylation sites (N-methyl/N-ethyl adjacent to an activating group) is 1. The number of hydrogen-bond acceptors (Lipinski definition) is 6. The van der Waals surface area contributed by atoms with Gasteiger partial charge >= 0.3 is 12.0 Å². The van der Waals surface area contributed by atoms with Crippen LogP contribution >= 0.6 is 0 Å². The fraction of sp³-hybridized carbons (Fsp3) is 0.346. The number of sulfonamides is 1. The van der Waals surface area contributed by atoms with Crippen LogP contribution in [0.15, 0.2) is 39.8 Å². The maximum atomic E-state index is 14.2. The van der Waals surface area contributed by atoms with Crippen molar-refractivity contribution in [2.75, 3.05) is 18.5 Å². The highest BCUT2D eigenvalue weighted by molar-refractivity contribution is 7.89. The fourth-order valence-electron chi connectivity index (χ4n) is 4.59. The molecule has 1 heterocycles. The van der Waals surface area contributed by atoms with Crippen LogP contribution in [0.1, 0.15) is 59.7 Å². The largest absolute Gasteiger partial charge is 0.475 e. The summed E-state index contributed by atoms with van der Waals surface area (Å²) < 4.78 is 100. The first-order valence-electron chi connectivity index (χ1n) is 12.4. The molecule has 1 aliphatic carbocycles. The van der Waals surface area contributed by atoms with Gasteiger partial charge in [0, 0.05) is 7.05 Å². The summed E-state index contributed by atoms with van der Waals surface area (Å²) in [7, 11) is -4.73. The van der Waals surface area contributed by atoms with E-state index in [1.807, 2.05) is 12.1 Å². The minimum Gasteiger partial charge on any atom is -0.475 e. The van der Waals surface area contributed by atoms with Crippen molar-refractivity contribution in [2.24, 2.45) is 0 Å². The lowest BCUT2D eigenvalue weighted by atomic mass is 9.84. The van der Waals surface area contributed by atoms with E-state index in [0.29, 0.717) is 18.5 Å². The molecule has 0 saturated heterocycles. The molecule has 1 aromatic heterocycles. The van der Waals surface area contributed by atoms with Crippen molar-refractivity contribution in [2.45, 2.75) is 49.5 Å². The minimum absolute atomic E-state index is 0.0911. The highest BCUT2D eigenvalue weighted by atomic mass is 32.2. The molecule has 0 unspecified atom stereocenters. The van der Waals surface area contributed by atoms with Gasteiger partial charge in [0.05, 0.1) is 19.3 Å². The Morgan fingerprint density at radius 3 is 2.05 bits per heavy atom. The molecule has 2 aromatic carbocycles. The van der Waals surface area contributed by atoms with Gasteiger partial charge in [0.15, 0.2) is 28.2 Å². The highest BCUT2D eigenvalue weighted by Gasteiger charge is 2.37. The second-order valence-electron chi connectivity index (χ2n) is 9.53. The van der Waals surface area contributed by atoms with E-state index in [-0.39, 0.29) is 10.8 Å². The number of anilines is 1. The van der Waals surface area contributed by atoms with Gasteiger partial charge in [-0.3, -0.25) is 9.69 Å². The molecule has 4 rings (SSSR count). The first-order valence-corrected chi connectivity index (χ1v) is 13.8. The Bertz CT molecular complexity index is 1540. The lowest BCUT2D eigenvalue weighted by molar-refractivity contribution is -0.119. The quantitative estimate of drug-likeness (QED) is 0.209. The number of rotatable bonds is 9. The summed E-state index contributed by atoms with van der Waals surface area (Å²) in [6, 6.07) is 6.68. The summed E-state index contributed by atoms with van der Waals surface area (Å²) in [5.41, 5.74) is 1.63. The van der Waals surface area contributed by atoms with Crippen molar-refractivity contribution in [3.8, 4) is 0 Å². The molecule has 41 heavy (non-hydrogen) atoms. The van der Waals surface area contributed by atoms with Gasteiger partial charge in [-0.15, -0.1) is 0 Å². The van der Waals surface area contributed by atoms with Crippen molar-refractivity contribution < 1.29 is 49.5 Å². The molecule has 15 heteroatoms. The summed E-state index contributed by atoms with van der Waals surface area (Å²) in [5.74, 6) is -15.5. The van der Waals surface area contributed by atoms with Crippen LogP contribution in [0, 0.1) is 29.1 Å². The first-order chi connectivity index (χ1) is 19.3. The number of carbonyl (C=O) groups excluding carboxylic acids is 1. The molecule has 1 fully saturated rings. The Labute approximate surface area is 231 Å². The molecule has 0 radical (unpaired) electrons. The van der Waals surface area contributed by atoms with Crippen LogP contribution in [-0.2, 0) is 21.4 Å². The standard InChI is InChI=1S/C26H24F5N3O6S/c1-33(41(38,39)24-22(30)20(28)19(27)21(29)23(24)31)13-18(35)34(26-32-11-17(40-26)25(36)37)12-14-7-9-16(10-8-14)15-5-3-2-4-6-15/h7-11,15H,2-6,12-13H2,1H3,(H,36,37). The number of carboxylic acids is 1. The third-order valence-electron chi connectivity index (χ3n) is 6.83. The second kappa shape index (κ2) is 11.9. The van der Waals surface area contributed by atoms with Crippen LogP contribution in [0.3, 0.4) is 0 Å². The van der Waals surface area contributed by atoms with Gasteiger partial charge < -0.3 is 9.52 Å². The van der Waals surface area contributed by atoms with Gasteiger partial charge in [0.25, 0.3) is 0 Å². The summed E-state index contributed by atoms with van der Waals surface area (Å²) in [6.07, 6.45) is 6.32. The summed E-state index contributed by atoms with van der Waals surface area (Å²) in [4.78, 5) is 27.0. The average molecular weight is 602 g/mol. The third-order valence-corrected chi connectivity index (χ3v) is 8.65. The Kier molecular flexibility index (Phi) is 8.77. The zero-order chi connectivity index (χ0) is 30.1. The average Bonchev–Trinajstić information content (AvgIpc) is 3.45. The van der Waals surface area contributed by atoms with Gasteiger partial charge in [0.1, 0.15) is 0 Å². The zero-order valence-corrected chi connectivity index (χ0v) is 22.4. The minimum atomic E-state index is -5.43. The molecule has 9 nitrogen and oxygen atoms in total. The molecule has 1 saturated carbocycles. The number of carbonyl (C=O) groups is 2. The van der Waals surface area contributed by atoms with E-state index >= 15 is 0 Å². The number of halogens is 5. The SMILES string of the molecule is CN(CC(=O)N(Cc1ccc(C2CCCCC2)cc1)c1ncc(C(=O)O)o1)S(=O)(=O)c1c(F)c(F)c(F)c(F)c1F. The summed E-state index contributed by atoms with van der Waals surface area (Å²) in [6.45, 7) is -1.44. The molecule has 1 aliphatic rings. The molecule has 1 N–H and O–H groups in total. The van der Waals surface area contributed by atoms with Crippen LogP contribution in [-0.4, -0.2) is 48.3 Å². The maximum absolute atomic E-state index is 14.2. The van der Waals surface area contributed by atoms with Crippen molar-refractivity contribution in [3.05, 3.63) is 76.4 Å². The van der Waals surface area contributed by atoms with E-state index in [1.165, 1.54) is 6.42 Å². The zero-order valence-electron chi connectivity index (χ0n) is 21.5. The number of benzene rings is 2. The Morgan fingerprint density at radius 1 is 0.951 bits per heavy atom. The molecule has 1 amide bonds. The van der Waals surface area contributed by atoms with Crippen LogP contribution in [0.2, 0.25) is 0 Å². The monoisotopic (exact) mass is 601 g/mol. The van der Waals surface area contributed by atoms with Crippen LogP contribution in [0.5, 0.6) is 0 Å². The van der Waals surface area contributed by atoms with E-state index in [1.54, 1.807) is 12.1 Å². The number of aromatic carboxylic acids is 1. The molecule has 0 aliphatic heterocycles. The summed E-state index contributed by atoms with van der Waals surface area (Å²) >= 11 is 0. The fourth-order valence-corrected chi connectivity index (χ4v) is 5.82. The second-order valence-corrected chi connectivity index (χ2v) is 11.5. The predicted octanol–water partition coefficient (Wildman–Crippen LogP) is 4.97. The Balaban J connectivity index is 1.62. The number of oxazole rings is 1. The van der Waals surface area contributed by atoms with Gasteiger partial charge in [-0.05, 0) is 29.9 Å². The van der Waals surface area contributed by atoms with E-state index in [4.69, 9.17) is 4.42 Å². The number of amides is 1. The molecule has 3 aromatic rings. The number of hydrogen-bond donors (Lipinski definition) is 1. The van der Waals surface area contributed by atoms with Gasteiger partial charge in [-0.2, -0.15) is 4.31 Å². The molecule has 220 valence electrons. The number of carboxylic acid groups (broad SMARTS) is 1. The Hall–Kier alpha value is -3.85. The van der Waals surface area contributed by atoms with Gasteiger partial charge in [-0.1, -0.05) is 43.5 Å². The van der Waals surface area contributed by atoms with Gasteiger partial charge in [-0.25, -0.2) is 40.1 Å². The smallest absolute Gasteiger partial charge is 0.373 e. The van der Waals surface area contributed by atoms with Crippen molar-refractivity contribution in [1.82, 2.24) is 9.29 Å². The van der Waals surface area contributed by atoms with Crippen molar-refractivity contribution in [3.63, 3.8) is 0 Å². The number of aromatic nitrogens is 1. The molecule has 0 bridgehead atoms. The summed E-state index contributed by atoms with van der Waals surface area (Å²) in [5, 5.41) is 9.17.